The molecule has 1 fully saturated rings. The summed E-state index contributed by atoms with van der Waals surface area (Å²) in [5.41, 5.74) is 1.37. The largest absolute Gasteiger partial charge is 0.497 e. The van der Waals surface area contributed by atoms with E-state index in [4.69, 9.17) is 23.1 Å². The first-order valence-electron chi connectivity index (χ1n) is 18.7. The smallest absolute Gasteiger partial charge is 0.408 e. The molecule has 0 saturated carbocycles. The second kappa shape index (κ2) is 15.4. The number of methoxy groups -OCH3 is 1. The van der Waals surface area contributed by atoms with Gasteiger partial charge in [-0.1, -0.05) is 57.2 Å². The highest BCUT2D eigenvalue weighted by Gasteiger charge is 2.47. The highest BCUT2D eigenvalue weighted by Crippen LogP contribution is 2.42. The van der Waals surface area contributed by atoms with Crippen LogP contribution < -0.4 is 15.0 Å². The van der Waals surface area contributed by atoms with Crippen LogP contribution >= 0.6 is 0 Å². The minimum Gasteiger partial charge on any atom is -0.497 e. The average molecular weight is 805 g/mol. The fourth-order valence-corrected chi connectivity index (χ4v) is 9.01. The van der Waals surface area contributed by atoms with Crippen LogP contribution in [0.15, 0.2) is 76.0 Å². The molecule has 0 bridgehead atoms. The van der Waals surface area contributed by atoms with Crippen molar-refractivity contribution >= 4 is 35.8 Å². The number of alkyl carbamates (subject to hydrolysis) is 1. The lowest BCUT2D eigenvalue weighted by Gasteiger charge is -2.38. The average Bonchev–Trinajstić information content (AvgIpc) is 3.82. The predicted octanol–water partition coefficient (Wildman–Crippen LogP) is 7.65. The Morgan fingerprint density at radius 1 is 0.964 bits per heavy atom. The van der Waals surface area contributed by atoms with Gasteiger partial charge in [0.25, 0.3) is 11.8 Å². The van der Waals surface area contributed by atoms with E-state index in [0.717, 1.165) is 28.9 Å². The van der Waals surface area contributed by atoms with Crippen molar-refractivity contribution in [2.24, 2.45) is 0 Å². The Balaban J connectivity index is 1.36. The van der Waals surface area contributed by atoms with Gasteiger partial charge in [-0.2, -0.15) is 0 Å². The number of sulfone groups is 1. The molecular weight excluding hydrogens is 753 g/mol. The standard InChI is InChI=1S/C41H52N4O9SSi/c1-39(2,3)54-38(47)42-32-25-55(48,49)34-20-17-30(35-43-44-37(53-35)41(21-10-22-51-41)26-52-56(8,9)40(4,5)6)23-33(34)45(36(32)46)24-27-11-13-28(14-12-27)29-15-18-31(50-7)19-16-29/h11-20,23,32H,10,21-22,24-26H2,1-9H3,(H,42,47)/t32-,41?/m0/s1. The number of aromatic nitrogens is 2. The van der Waals surface area contributed by atoms with Crippen molar-refractivity contribution in [2.75, 3.05) is 31.0 Å². The van der Waals surface area contributed by atoms with Crippen LogP contribution in [0.25, 0.3) is 22.6 Å². The molecule has 3 heterocycles. The maximum atomic E-state index is 14.4. The van der Waals surface area contributed by atoms with Crippen LogP contribution in [0.1, 0.15) is 65.8 Å². The van der Waals surface area contributed by atoms with Crippen LogP contribution in [-0.4, -0.2) is 76.7 Å². The lowest BCUT2D eigenvalue weighted by atomic mass is 10.0. The van der Waals surface area contributed by atoms with Crippen LogP contribution in [0.2, 0.25) is 18.1 Å². The molecule has 15 heteroatoms. The first kappa shape index (κ1) is 41.1. The Kier molecular flexibility index (Phi) is 11.3. The molecule has 0 aliphatic carbocycles. The number of amides is 2. The number of rotatable bonds is 10. The summed E-state index contributed by atoms with van der Waals surface area (Å²) in [6.45, 7) is 16.7. The third kappa shape index (κ3) is 8.85. The van der Waals surface area contributed by atoms with E-state index in [9.17, 15) is 18.0 Å². The van der Waals surface area contributed by atoms with E-state index in [0.29, 0.717) is 18.6 Å². The molecule has 4 aromatic rings. The van der Waals surface area contributed by atoms with Gasteiger partial charge in [0.05, 0.1) is 36.6 Å². The number of hydrogen-bond acceptors (Lipinski definition) is 11. The molecule has 1 aromatic heterocycles. The van der Waals surface area contributed by atoms with Gasteiger partial charge in [-0.15, -0.1) is 10.2 Å². The number of nitrogens with zero attached hydrogens (tertiary/aromatic N) is 3. The van der Waals surface area contributed by atoms with E-state index >= 15 is 0 Å². The molecule has 6 rings (SSSR count). The van der Waals surface area contributed by atoms with Crippen LogP contribution in [0.5, 0.6) is 5.75 Å². The van der Waals surface area contributed by atoms with E-state index in [1.807, 2.05) is 48.5 Å². The summed E-state index contributed by atoms with van der Waals surface area (Å²) in [6.07, 6.45) is 0.531. The van der Waals surface area contributed by atoms with Crippen molar-refractivity contribution in [1.29, 1.82) is 0 Å². The summed E-state index contributed by atoms with van der Waals surface area (Å²) < 4.78 is 57.8. The molecule has 300 valence electrons. The molecule has 1 saturated heterocycles. The van der Waals surface area contributed by atoms with E-state index in [2.05, 4.69) is 49.4 Å². The number of fused-ring (bicyclic) bond motifs is 1. The molecule has 13 nitrogen and oxygen atoms in total. The zero-order valence-corrected chi connectivity index (χ0v) is 35.4. The monoisotopic (exact) mass is 804 g/mol. The molecular formula is C41H52N4O9SSi. The zero-order valence-electron chi connectivity index (χ0n) is 33.6. The van der Waals surface area contributed by atoms with Gasteiger partial charge in [0.1, 0.15) is 17.4 Å². The lowest BCUT2D eigenvalue weighted by Crippen LogP contribution is -2.51. The van der Waals surface area contributed by atoms with Crippen LogP contribution in [0.4, 0.5) is 10.5 Å². The second-order valence-electron chi connectivity index (χ2n) is 16.9. The van der Waals surface area contributed by atoms with Crippen molar-refractivity contribution < 1.29 is 41.1 Å². The number of ether oxygens (including phenoxy) is 3. The predicted molar refractivity (Wildman–Crippen MR) is 215 cm³/mol. The van der Waals surface area contributed by atoms with Crippen LogP contribution in [0, 0.1) is 0 Å². The summed E-state index contributed by atoms with van der Waals surface area (Å²) in [5.74, 6) is -0.138. The maximum absolute atomic E-state index is 14.4. The summed E-state index contributed by atoms with van der Waals surface area (Å²) in [6, 6.07) is 18.4. The minimum atomic E-state index is -4.12. The van der Waals surface area contributed by atoms with Crippen molar-refractivity contribution in [3.05, 3.63) is 78.2 Å². The second-order valence-corrected chi connectivity index (χ2v) is 23.7. The van der Waals surface area contributed by atoms with Crippen molar-refractivity contribution in [2.45, 2.75) is 101 Å². The normalized spacial score (nSPS) is 20.0. The Bertz CT molecular complexity index is 2170. The molecule has 3 aromatic carbocycles. The molecule has 56 heavy (non-hydrogen) atoms. The van der Waals surface area contributed by atoms with Gasteiger partial charge in [0, 0.05) is 12.2 Å². The number of benzene rings is 3. The maximum Gasteiger partial charge on any atom is 0.408 e. The van der Waals surface area contributed by atoms with Gasteiger partial charge in [0.2, 0.25) is 5.89 Å². The molecule has 2 aliphatic rings. The number of nitrogens with one attached hydrogen (secondary N) is 1. The highest BCUT2D eigenvalue weighted by atomic mass is 32.2. The number of anilines is 1. The van der Waals surface area contributed by atoms with E-state index in [1.54, 1.807) is 40.0 Å². The van der Waals surface area contributed by atoms with Gasteiger partial charge < -0.3 is 33.3 Å². The SMILES string of the molecule is COc1ccc(-c2ccc(CN3C(=O)[C@@H](NC(=O)OC(C)(C)C)CS(=O)(=O)c4ccc(-c5nnc(C6(CO[Si](C)(C)C(C)(C)C)CCCO6)o5)cc43)cc2)cc1. The van der Waals surface area contributed by atoms with Gasteiger partial charge in [-0.3, -0.25) is 4.79 Å². The lowest BCUT2D eigenvalue weighted by molar-refractivity contribution is -0.120. The molecule has 1 unspecified atom stereocenters. The number of carbonyl (C=O) groups excluding carboxylic acids is 2. The summed E-state index contributed by atoms with van der Waals surface area (Å²) in [5, 5.41) is 11.3. The third-order valence-corrected chi connectivity index (χ3v) is 16.8. The van der Waals surface area contributed by atoms with Gasteiger partial charge >= 0.3 is 6.09 Å². The third-order valence-electron chi connectivity index (χ3n) is 10.6. The van der Waals surface area contributed by atoms with Crippen molar-refractivity contribution in [1.82, 2.24) is 15.5 Å². The first-order chi connectivity index (χ1) is 26.2. The van der Waals surface area contributed by atoms with Gasteiger partial charge in [-0.25, -0.2) is 13.2 Å². The molecule has 0 radical (unpaired) electrons. The molecule has 2 amide bonds. The molecule has 2 atom stereocenters. The first-order valence-corrected chi connectivity index (χ1v) is 23.3. The summed E-state index contributed by atoms with van der Waals surface area (Å²) in [4.78, 5) is 28.7. The van der Waals surface area contributed by atoms with E-state index in [1.165, 1.54) is 11.0 Å². The summed E-state index contributed by atoms with van der Waals surface area (Å²) >= 11 is 0. The van der Waals surface area contributed by atoms with Gasteiger partial charge in [0.15, 0.2) is 23.8 Å². The number of hydrogen-bond donors (Lipinski definition) is 1. The highest BCUT2D eigenvalue weighted by molar-refractivity contribution is 7.91. The number of carbonyl (C=O) groups is 2. The Morgan fingerprint density at radius 2 is 1.61 bits per heavy atom. The zero-order chi connectivity index (χ0) is 40.7. The quantitative estimate of drug-likeness (QED) is 0.157. The fourth-order valence-electron chi connectivity index (χ4n) is 6.38. The summed E-state index contributed by atoms with van der Waals surface area (Å²) in [7, 11) is -4.65. The Hall–Kier alpha value is -4.57. The van der Waals surface area contributed by atoms with Crippen molar-refractivity contribution in [3.8, 4) is 28.3 Å². The molecule has 0 spiro atoms. The fraction of sp³-hybridized carbons (Fsp3) is 0.463. The van der Waals surface area contributed by atoms with Gasteiger partial charge in [-0.05, 0) is 98.8 Å². The topological polar surface area (TPSA) is 159 Å². The van der Waals surface area contributed by atoms with E-state index < -0.39 is 53.2 Å². The Labute approximate surface area is 330 Å². The van der Waals surface area contributed by atoms with Crippen LogP contribution in [0.3, 0.4) is 0 Å². The molecule has 1 N–H and O–H groups in total. The van der Waals surface area contributed by atoms with E-state index in [-0.39, 0.29) is 40.6 Å². The Morgan fingerprint density at radius 3 is 2.20 bits per heavy atom. The molecule has 2 aliphatic heterocycles. The minimum absolute atomic E-state index is 0.00295. The van der Waals surface area contributed by atoms with Crippen molar-refractivity contribution in [3.63, 3.8) is 0 Å². The van der Waals surface area contributed by atoms with Crippen LogP contribution in [-0.2, 0) is 40.7 Å².